The second-order valence-electron chi connectivity index (χ2n) is 6.91. The normalized spacial score (nSPS) is 16.9. The number of aryl methyl sites for hydroxylation is 2. The Morgan fingerprint density at radius 2 is 2.04 bits per heavy atom. The molecule has 2 aromatic heterocycles. The molecule has 0 aliphatic carbocycles. The lowest BCUT2D eigenvalue weighted by Gasteiger charge is -2.34. The minimum Gasteiger partial charge on any atom is -0.379 e. The standard InChI is InChI=1S/C19H31N7OS/c1-5-20-19(22-13-18-24-23-15(3)25(18)4)21-12-16(17-7-6-14(2)28-17)26-8-10-27-11-9-26/h6-7,16H,5,8-13H2,1-4H3,(H2,20,21,22). The van der Waals surface area contributed by atoms with Crippen molar-refractivity contribution in [1.29, 1.82) is 0 Å². The Morgan fingerprint density at radius 3 is 2.64 bits per heavy atom. The van der Waals surface area contributed by atoms with Crippen molar-refractivity contribution < 1.29 is 4.74 Å². The van der Waals surface area contributed by atoms with Gasteiger partial charge in [0.05, 0.1) is 19.3 Å². The minimum absolute atomic E-state index is 0.309. The van der Waals surface area contributed by atoms with Crippen LogP contribution in [0.2, 0.25) is 0 Å². The summed E-state index contributed by atoms with van der Waals surface area (Å²) in [7, 11) is 1.97. The molecule has 2 N–H and O–H groups in total. The van der Waals surface area contributed by atoms with Crippen LogP contribution in [0.25, 0.3) is 0 Å². The Kier molecular flexibility index (Phi) is 7.41. The molecule has 8 nitrogen and oxygen atoms in total. The zero-order valence-corrected chi connectivity index (χ0v) is 18.1. The Hall–Kier alpha value is -1.97. The first kappa shape index (κ1) is 20.8. The molecule has 0 amide bonds. The first-order valence-corrected chi connectivity index (χ1v) is 10.6. The van der Waals surface area contributed by atoms with Crippen molar-refractivity contribution in [3.8, 4) is 0 Å². The SMILES string of the molecule is CCNC(=NCc1nnc(C)n1C)NCC(c1ccc(C)s1)N1CCOCC1. The highest BCUT2D eigenvalue weighted by Crippen LogP contribution is 2.27. The lowest BCUT2D eigenvalue weighted by molar-refractivity contribution is 0.0177. The van der Waals surface area contributed by atoms with E-state index >= 15 is 0 Å². The van der Waals surface area contributed by atoms with Crippen molar-refractivity contribution in [2.45, 2.75) is 33.4 Å². The average Bonchev–Trinajstić information content (AvgIpc) is 3.27. The van der Waals surface area contributed by atoms with E-state index in [-0.39, 0.29) is 0 Å². The van der Waals surface area contributed by atoms with Crippen LogP contribution in [-0.4, -0.2) is 65.0 Å². The Morgan fingerprint density at radius 1 is 1.25 bits per heavy atom. The number of thiophene rings is 1. The molecule has 1 atom stereocenters. The van der Waals surface area contributed by atoms with E-state index < -0.39 is 0 Å². The third kappa shape index (κ3) is 5.30. The summed E-state index contributed by atoms with van der Waals surface area (Å²) in [6.07, 6.45) is 0. The molecular weight excluding hydrogens is 374 g/mol. The fraction of sp³-hybridized carbons (Fsp3) is 0.632. The third-order valence-electron chi connectivity index (χ3n) is 4.94. The number of nitrogens with one attached hydrogen (secondary N) is 2. The number of hydrogen-bond acceptors (Lipinski definition) is 6. The molecule has 2 aromatic rings. The fourth-order valence-electron chi connectivity index (χ4n) is 3.20. The van der Waals surface area contributed by atoms with E-state index in [1.54, 1.807) is 0 Å². The van der Waals surface area contributed by atoms with Gasteiger partial charge in [-0.1, -0.05) is 0 Å². The molecule has 0 bridgehead atoms. The Balaban J connectivity index is 1.69. The summed E-state index contributed by atoms with van der Waals surface area (Å²) in [5, 5.41) is 15.2. The van der Waals surface area contributed by atoms with Gasteiger partial charge in [0.1, 0.15) is 12.4 Å². The van der Waals surface area contributed by atoms with Gasteiger partial charge in [-0.3, -0.25) is 4.90 Å². The van der Waals surface area contributed by atoms with Gasteiger partial charge >= 0.3 is 0 Å². The van der Waals surface area contributed by atoms with E-state index in [2.05, 4.69) is 51.7 Å². The van der Waals surface area contributed by atoms with Crippen LogP contribution in [0.15, 0.2) is 17.1 Å². The molecule has 3 heterocycles. The maximum atomic E-state index is 5.55. The lowest BCUT2D eigenvalue weighted by Crippen LogP contribution is -2.46. The summed E-state index contributed by atoms with van der Waals surface area (Å²) in [5.74, 6) is 2.55. The second-order valence-corrected chi connectivity index (χ2v) is 8.23. The zero-order chi connectivity index (χ0) is 19.9. The van der Waals surface area contributed by atoms with Crippen molar-refractivity contribution in [2.75, 3.05) is 39.4 Å². The van der Waals surface area contributed by atoms with E-state index in [0.717, 1.165) is 57.0 Å². The lowest BCUT2D eigenvalue weighted by atomic mass is 10.2. The Labute approximate surface area is 171 Å². The molecule has 0 radical (unpaired) electrons. The fourth-order valence-corrected chi connectivity index (χ4v) is 4.22. The van der Waals surface area contributed by atoms with Crippen LogP contribution in [0.5, 0.6) is 0 Å². The summed E-state index contributed by atoms with van der Waals surface area (Å²) in [6.45, 7) is 11.8. The van der Waals surface area contributed by atoms with E-state index in [0.29, 0.717) is 12.6 Å². The minimum atomic E-state index is 0.309. The molecule has 0 saturated carbocycles. The summed E-state index contributed by atoms with van der Waals surface area (Å²) in [5.41, 5.74) is 0. The average molecular weight is 406 g/mol. The van der Waals surface area contributed by atoms with E-state index in [4.69, 9.17) is 9.73 Å². The van der Waals surface area contributed by atoms with Gasteiger partial charge in [0.25, 0.3) is 0 Å². The molecule has 1 aliphatic rings. The molecule has 1 saturated heterocycles. The number of ether oxygens (including phenoxy) is 1. The monoisotopic (exact) mass is 405 g/mol. The van der Waals surface area contributed by atoms with Crippen LogP contribution < -0.4 is 10.6 Å². The quantitative estimate of drug-likeness (QED) is 0.538. The smallest absolute Gasteiger partial charge is 0.191 e. The molecular formula is C19H31N7OS. The molecule has 1 fully saturated rings. The van der Waals surface area contributed by atoms with Crippen LogP contribution in [0, 0.1) is 13.8 Å². The Bertz CT molecular complexity index is 779. The zero-order valence-electron chi connectivity index (χ0n) is 17.2. The number of rotatable bonds is 7. The number of guanidine groups is 1. The van der Waals surface area contributed by atoms with Crippen LogP contribution in [0.1, 0.15) is 34.4 Å². The van der Waals surface area contributed by atoms with Gasteiger partial charge in [-0.25, -0.2) is 4.99 Å². The van der Waals surface area contributed by atoms with Crippen molar-refractivity contribution in [2.24, 2.45) is 12.0 Å². The van der Waals surface area contributed by atoms with Gasteiger partial charge < -0.3 is 19.9 Å². The second kappa shape index (κ2) is 9.99. The maximum absolute atomic E-state index is 5.55. The molecule has 154 valence electrons. The van der Waals surface area contributed by atoms with Crippen LogP contribution in [0.4, 0.5) is 0 Å². The van der Waals surface area contributed by atoms with E-state index in [9.17, 15) is 0 Å². The molecule has 0 aromatic carbocycles. The molecule has 1 aliphatic heterocycles. The topological polar surface area (TPSA) is 79.6 Å². The van der Waals surface area contributed by atoms with Gasteiger partial charge in [-0.15, -0.1) is 21.5 Å². The molecule has 1 unspecified atom stereocenters. The highest BCUT2D eigenvalue weighted by atomic mass is 32.1. The highest BCUT2D eigenvalue weighted by molar-refractivity contribution is 7.12. The van der Waals surface area contributed by atoms with Gasteiger partial charge in [-0.2, -0.15) is 0 Å². The summed E-state index contributed by atoms with van der Waals surface area (Å²) in [6, 6.07) is 4.75. The van der Waals surface area contributed by atoms with Crippen LogP contribution in [0.3, 0.4) is 0 Å². The summed E-state index contributed by atoms with van der Waals surface area (Å²) < 4.78 is 7.52. The number of hydrogen-bond donors (Lipinski definition) is 2. The van der Waals surface area contributed by atoms with Crippen LogP contribution in [-0.2, 0) is 18.3 Å². The predicted octanol–water partition coefficient (Wildman–Crippen LogP) is 1.62. The number of morpholine rings is 1. The largest absolute Gasteiger partial charge is 0.379 e. The van der Waals surface area contributed by atoms with Gasteiger partial charge in [0.15, 0.2) is 11.8 Å². The molecule has 28 heavy (non-hydrogen) atoms. The van der Waals surface area contributed by atoms with Crippen LogP contribution >= 0.6 is 11.3 Å². The number of aliphatic imine (C=N–C) groups is 1. The van der Waals surface area contributed by atoms with Crippen molar-refractivity contribution in [3.05, 3.63) is 33.5 Å². The number of nitrogens with zero attached hydrogens (tertiary/aromatic N) is 5. The van der Waals surface area contributed by atoms with Gasteiger partial charge in [0, 0.05) is 43.0 Å². The molecule has 0 spiro atoms. The summed E-state index contributed by atoms with van der Waals surface area (Å²) in [4.78, 5) is 9.92. The number of aromatic nitrogens is 3. The third-order valence-corrected chi connectivity index (χ3v) is 6.05. The van der Waals surface area contributed by atoms with E-state index in [1.165, 1.54) is 9.75 Å². The predicted molar refractivity (Wildman–Crippen MR) is 113 cm³/mol. The van der Waals surface area contributed by atoms with Crippen molar-refractivity contribution >= 4 is 17.3 Å². The molecule has 9 heteroatoms. The first-order valence-electron chi connectivity index (χ1n) is 9.83. The summed E-state index contributed by atoms with van der Waals surface area (Å²) >= 11 is 1.87. The first-order chi connectivity index (χ1) is 13.6. The van der Waals surface area contributed by atoms with Gasteiger partial charge in [0.2, 0.25) is 0 Å². The van der Waals surface area contributed by atoms with Gasteiger partial charge in [-0.05, 0) is 32.9 Å². The van der Waals surface area contributed by atoms with Crippen molar-refractivity contribution in [1.82, 2.24) is 30.3 Å². The highest BCUT2D eigenvalue weighted by Gasteiger charge is 2.24. The van der Waals surface area contributed by atoms with E-state index in [1.807, 2.05) is 29.9 Å². The van der Waals surface area contributed by atoms with Crippen molar-refractivity contribution in [3.63, 3.8) is 0 Å². The molecule has 3 rings (SSSR count). The maximum Gasteiger partial charge on any atom is 0.191 e.